The highest BCUT2D eigenvalue weighted by molar-refractivity contribution is 6.09. The van der Waals surface area contributed by atoms with Crippen molar-refractivity contribution in [3.05, 3.63) is 54.1 Å². The highest BCUT2D eigenvalue weighted by Gasteiger charge is 2.34. The molecule has 2 atom stereocenters. The lowest BCUT2D eigenvalue weighted by molar-refractivity contribution is -0.146. The maximum atomic E-state index is 12.9. The van der Waals surface area contributed by atoms with E-state index in [1.807, 2.05) is 12.1 Å². The molecule has 0 radical (unpaired) electrons. The first kappa shape index (κ1) is 22.7. The molecule has 0 aromatic heterocycles. The Morgan fingerprint density at radius 2 is 1.60 bits per heavy atom. The number of fused-ring (bicyclic) bond motifs is 2. The summed E-state index contributed by atoms with van der Waals surface area (Å²) in [5, 5.41) is 5.46. The second kappa shape index (κ2) is 9.65. The second-order valence-corrected chi connectivity index (χ2v) is 8.67. The third-order valence-electron chi connectivity index (χ3n) is 6.43. The topological polar surface area (TPSA) is 117 Å². The summed E-state index contributed by atoms with van der Waals surface area (Å²) in [4.78, 5) is 54.0. The molecule has 182 valence electrons. The number of nitrogens with zero attached hydrogens (tertiary/aromatic N) is 2. The fraction of sp³-hybridized carbons (Fsp3) is 0.360. The molecule has 35 heavy (non-hydrogen) atoms. The van der Waals surface area contributed by atoms with E-state index in [2.05, 4.69) is 10.6 Å². The molecule has 1 unspecified atom stereocenters. The zero-order chi connectivity index (χ0) is 24.4. The van der Waals surface area contributed by atoms with Crippen LogP contribution >= 0.6 is 0 Å². The minimum absolute atomic E-state index is 0.110. The van der Waals surface area contributed by atoms with Crippen LogP contribution in [0, 0.1) is 0 Å². The van der Waals surface area contributed by atoms with Gasteiger partial charge in [0.05, 0.1) is 11.3 Å². The Morgan fingerprint density at radius 3 is 2.40 bits per heavy atom. The van der Waals surface area contributed by atoms with Crippen LogP contribution in [0.1, 0.15) is 23.2 Å². The van der Waals surface area contributed by atoms with Crippen LogP contribution in [0.3, 0.4) is 0 Å². The van der Waals surface area contributed by atoms with E-state index in [1.165, 1.54) is 0 Å². The van der Waals surface area contributed by atoms with Gasteiger partial charge >= 0.3 is 0 Å². The highest BCUT2D eigenvalue weighted by Crippen LogP contribution is 2.31. The molecule has 0 saturated carbocycles. The maximum Gasteiger partial charge on any atom is 0.267 e. The van der Waals surface area contributed by atoms with Crippen molar-refractivity contribution < 1.29 is 28.7 Å². The van der Waals surface area contributed by atoms with Gasteiger partial charge < -0.3 is 29.9 Å². The molecule has 4 amide bonds. The van der Waals surface area contributed by atoms with E-state index in [9.17, 15) is 19.2 Å². The molecule has 2 N–H and O–H groups in total. The van der Waals surface area contributed by atoms with Crippen LogP contribution in [0.4, 0.5) is 5.69 Å². The normalized spacial score (nSPS) is 21.4. The molecular formula is C25H26N4O6. The van der Waals surface area contributed by atoms with Crippen LogP contribution in [0.25, 0.3) is 0 Å². The lowest BCUT2D eigenvalue weighted by Crippen LogP contribution is -2.55. The number of benzene rings is 2. The first-order chi connectivity index (χ1) is 17.0. The number of hydrogen-bond donors (Lipinski definition) is 2. The van der Waals surface area contributed by atoms with Gasteiger partial charge in [-0.05, 0) is 30.7 Å². The van der Waals surface area contributed by atoms with Crippen molar-refractivity contribution in [2.45, 2.75) is 25.0 Å². The molecule has 2 aromatic carbocycles. The first-order valence-corrected chi connectivity index (χ1v) is 11.7. The van der Waals surface area contributed by atoms with Crippen LogP contribution in [0.2, 0.25) is 0 Å². The van der Waals surface area contributed by atoms with Gasteiger partial charge in [-0.2, -0.15) is 0 Å². The summed E-state index contributed by atoms with van der Waals surface area (Å²) in [6.45, 7) is 1.71. The van der Waals surface area contributed by atoms with E-state index in [0.717, 1.165) is 0 Å². The standard InChI is InChI=1S/C25H26N4O6/c30-22(10-9-18-24(32)26-17-6-2-1-5-16(17)23(31)27-18)28-11-13-29(14-12-28)25(33)21-15-34-19-7-3-4-8-20(19)35-21/h1-8,18,21H,9-15H2,(H,26,32)(H,27,31)/t18-,21?/m0/s1. The quantitative estimate of drug-likeness (QED) is 0.678. The maximum absolute atomic E-state index is 12.9. The van der Waals surface area contributed by atoms with E-state index < -0.39 is 12.1 Å². The van der Waals surface area contributed by atoms with Gasteiger partial charge in [0.15, 0.2) is 11.5 Å². The van der Waals surface area contributed by atoms with Crippen molar-refractivity contribution in [1.82, 2.24) is 15.1 Å². The second-order valence-electron chi connectivity index (χ2n) is 8.67. The summed E-state index contributed by atoms with van der Waals surface area (Å²) in [6.07, 6.45) is -0.413. The van der Waals surface area contributed by atoms with Crippen LogP contribution < -0.4 is 20.1 Å². The number of rotatable bonds is 4. The smallest absolute Gasteiger partial charge is 0.267 e. The first-order valence-electron chi connectivity index (χ1n) is 11.7. The number of carbonyl (C=O) groups is 4. The van der Waals surface area contributed by atoms with Crippen molar-refractivity contribution in [2.75, 3.05) is 38.1 Å². The fourth-order valence-electron chi connectivity index (χ4n) is 4.46. The Hall–Kier alpha value is -4.08. The number of anilines is 1. The number of hydrogen-bond acceptors (Lipinski definition) is 6. The van der Waals surface area contributed by atoms with E-state index in [1.54, 1.807) is 46.2 Å². The van der Waals surface area contributed by atoms with Gasteiger partial charge in [-0.15, -0.1) is 0 Å². The minimum atomic E-state index is -0.798. The Kier molecular flexibility index (Phi) is 6.26. The number of ether oxygens (including phenoxy) is 2. The van der Waals surface area contributed by atoms with Gasteiger partial charge in [-0.3, -0.25) is 19.2 Å². The predicted octanol–water partition coefficient (Wildman–Crippen LogP) is 1.03. The third-order valence-corrected chi connectivity index (χ3v) is 6.43. The molecule has 0 spiro atoms. The number of amides is 4. The molecule has 5 rings (SSSR count). The van der Waals surface area contributed by atoms with Crippen LogP contribution in [-0.2, 0) is 14.4 Å². The van der Waals surface area contributed by atoms with Gasteiger partial charge in [0.1, 0.15) is 12.6 Å². The zero-order valence-electron chi connectivity index (χ0n) is 19.1. The molecular weight excluding hydrogens is 452 g/mol. The monoisotopic (exact) mass is 478 g/mol. The molecule has 0 aliphatic carbocycles. The molecule has 1 saturated heterocycles. The van der Waals surface area contributed by atoms with Crippen molar-refractivity contribution in [3.63, 3.8) is 0 Å². The molecule has 3 aliphatic rings. The van der Waals surface area contributed by atoms with Crippen molar-refractivity contribution >= 4 is 29.3 Å². The molecule has 10 nitrogen and oxygen atoms in total. The lowest BCUT2D eigenvalue weighted by Gasteiger charge is -2.37. The molecule has 1 fully saturated rings. The predicted molar refractivity (Wildman–Crippen MR) is 125 cm³/mol. The summed E-state index contributed by atoms with van der Waals surface area (Å²) in [5.74, 6) is 0.192. The van der Waals surface area contributed by atoms with E-state index in [0.29, 0.717) is 48.9 Å². The SMILES string of the molecule is O=C1N[C@@H](CCC(=O)N2CCN(C(=O)C3COc4ccccc4O3)CC2)C(=O)Nc2ccccc21. The summed E-state index contributed by atoms with van der Waals surface area (Å²) >= 11 is 0. The Balaban J connectivity index is 1.10. The van der Waals surface area contributed by atoms with E-state index in [4.69, 9.17) is 9.47 Å². The third kappa shape index (κ3) is 4.77. The summed E-state index contributed by atoms with van der Waals surface area (Å²) in [5.41, 5.74) is 0.853. The lowest BCUT2D eigenvalue weighted by atomic mass is 10.1. The average molecular weight is 479 g/mol. The number of para-hydroxylation sites is 3. The van der Waals surface area contributed by atoms with E-state index >= 15 is 0 Å². The molecule has 10 heteroatoms. The summed E-state index contributed by atoms with van der Waals surface area (Å²) in [6, 6.07) is 13.2. The van der Waals surface area contributed by atoms with Crippen molar-refractivity contribution in [3.8, 4) is 11.5 Å². The number of nitrogens with one attached hydrogen (secondary N) is 2. The van der Waals surface area contributed by atoms with Gasteiger partial charge in [-0.25, -0.2) is 0 Å². The number of carbonyl (C=O) groups excluding carboxylic acids is 4. The Bertz CT molecular complexity index is 1160. The zero-order valence-corrected chi connectivity index (χ0v) is 19.1. The Labute approximate surface area is 202 Å². The van der Waals surface area contributed by atoms with Crippen LogP contribution in [-0.4, -0.2) is 78.4 Å². The van der Waals surface area contributed by atoms with Gasteiger partial charge in [-0.1, -0.05) is 24.3 Å². The molecule has 3 aliphatic heterocycles. The average Bonchev–Trinajstić information content (AvgIpc) is 3.02. The fourth-order valence-corrected chi connectivity index (χ4v) is 4.46. The van der Waals surface area contributed by atoms with Crippen LogP contribution in [0.5, 0.6) is 11.5 Å². The number of piperazine rings is 1. The van der Waals surface area contributed by atoms with Crippen molar-refractivity contribution in [2.24, 2.45) is 0 Å². The van der Waals surface area contributed by atoms with Gasteiger partial charge in [0, 0.05) is 32.6 Å². The molecule has 0 bridgehead atoms. The molecule has 2 aromatic rings. The summed E-state index contributed by atoms with van der Waals surface area (Å²) in [7, 11) is 0. The largest absolute Gasteiger partial charge is 0.485 e. The van der Waals surface area contributed by atoms with Crippen molar-refractivity contribution in [1.29, 1.82) is 0 Å². The van der Waals surface area contributed by atoms with Crippen LogP contribution in [0.15, 0.2) is 48.5 Å². The van der Waals surface area contributed by atoms with Gasteiger partial charge in [0.25, 0.3) is 11.8 Å². The molecule has 3 heterocycles. The van der Waals surface area contributed by atoms with E-state index in [-0.39, 0.29) is 43.1 Å². The Morgan fingerprint density at radius 1 is 0.914 bits per heavy atom. The summed E-state index contributed by atoms with van der Waals surface area (Å²) < 4.78 is 11.5. The minimum Gasteiger partial charge on any atom is -0.485 e. The van der Waals surface area contributed by atoms with Gasteiger partial charge in [0.2, 0.25) is 17.9 Å². The highest BCUT2D eigenvalue weighted by atomic mass is 16.6.